The minimum absolute atomic E-state index is 0.664. The lowest BCUT2D eigenvalue weighted by Gasteiger charge is -1.96. The Kier molecular flexibility index (Phi) is 3.99. The van der Waals surface area contributed by atoms with E-state index in [2.05, 4.69) is 20.1 Å². The second-order valence-electron chi connectivity index (χ2n) is 5.46. The Balaban J connectivity index is 1.55. The van der Waals surface area contributed by atoms with Crippen LogP contribution in [0.2, 0.25) is 0 Å². The number of aromatic nitrogens is 5. The van der Waals surface area contributed by atoms with Gasteiger partial charge in [-0.15, -0.1) is 11.3 Å². The number of benzene rings is 1. The van der Waals surface area contributed by atoms with Crippen LogP contribution in [0.1, 0.15) is 10.6 Å². The first-order valence-electron chi connectivity index (χ1n) is 7.65. The smallest absolute Gasteiger partial charge is 0.162 e. The standard InChI is InChI=1S/C18H15N5OS/c1-23-11-13(10-21-23)18-19-8-12(9-20-18)3-6-17-22-15-5-4-14(24-2)7-16(15)25-17/h3-11H,1-2H3/b6-3+. The average Bonchev–Trinajstić information content (AvgIpc) is 3.25. The van der Waals surface area contributed by atoms with Crippen LogP contribution in [0.5, 0.6) is 5.75 Å². The quantitative estimate of drug-likeness (QED) is 0.562. The minimum atomic E-state index is 0.664. The molecule has 0 fully saturated rings. The van der Waals surface area contributed by atoms with Crippen LogP contribution in [0.25, 0.3) is 33.8 Å². The minimum Gasteiger partial charge on any atom is -0.497 e. The third-order valence-corrected chi connectivity index (χ3v) is 4.65. The maximum atomic E-state index is 5.25. The Morgan fingerprint density at radius 1 is 1.12 bits per heavy atom. The molecule has 0 aliphatic carbocycles. The molecular formula is C18H15N5OS. The predicted octanol–water partition coefficient (Wildman–Crippen LogP) is 3.67. The summed E-state index contributed by atoms with van der Waals surface area (Å²) in [5.74, 6) is 1.50. The van der Waals surface area contributed by atoms with Gasteiger partial charge in [0.05, 0.1) is 29.1 Å². The first kappa shape index (κ1) is 15.5. The number of hydrogen-bond donors (Lipinski definition) is 0. The van der Waals surface area contributed by atoms with Crippen LogP contribution in [-0.4, -0.2) is 31.8 Å². The summed E-state index contributed by atoms with van der Waals surface area (Å²) in [4.78, 5) is 13.4. The number of thiazole rings is 1. The van der Waals surface area contributed by atoms with Crippen LogP contribution in [0, 0.1) is 0 Å². The molecule has 6 nitrogen and oxygen atoms in total. The molecular weight excluding hydrogens is 334 g/mol. The van der Waals surface area contributed by atoms with Gasteiger partial charge in [-0.1, -0.05) is 0 Å². The van der Waals surface area contributed by atoms with Gasteiger partial charge in [0, 0.05) is 31.2 Å². The Labute approximate surface area is 148 Å². The van der Waals surface area contributed by atoms with E-state index in [1.807, 2.05) is 43.6 Å². The van der Waals surface area contributed by atoms with E-state index in [0.29, 0.717) is 5.82 Å². The molecule has 0 unspecified atom stereocenters. The van der Waals surface area contributed by atoms with Crippen LogP contribution in [0.15, 0.2) is 43.0 Å². The molecule has 0 radical (unpaired) electrons. The van der Waals surface area contributed by atoms with Gasteiger partial charge in [-0.05, 0) is 30.4 Å². The first-order valence-corrected chi connectivity index (χ1v) is 8.46. The average molecular weight is 349 g/mol. The van der Waals surface area contributed by atoms with Crippen molar-refractivity contribution in [3.8, 4) is 17.1 Å². The van der Waals surface area contributed by atoms with E-state index in [9.17, 15) is 0 Å². The Morgan fingerprint density at radius 3 is 2.68 bits per heavy atom. The Hall–Kier alpha value is -3.06. The van der Waals surface area contributed by atoms with Gasteiger partial charge in [0.15, 0.2) is 5.82 Å². The highest BCUT2D eigenvalue weighted by atomic mass is 32.1. The van der Waals surface area contributed by atoms with E-state index in [0.717, 1.165) is 32.1 Å². The van der Waals surface area contributed by atoms with Gasteiger partial charge in [0.1, 0.15) is 10.8 Å². The van der Waals surface area contributed by atoms with Crippen molar-refractivity contribution in [3.05, 3.63) is 53.6 Å². The molecule has 0 bridgehead atoms. The molecule has 25 heavy (non-hydrogen) atoms. The predicted molar refractivity (Wildman–Crippen MR) is 99.3 cm³/mol. The summed E-state index contributed by atoms with van der Waals surface area (Å²) in [6.45, 7) is 0. The molecule has 0 amide bonds. The van der Waals surface area contributed by atoms with Gasteiger partial charge in [-0.2, -0.15) is 5.10 Å². The third kappa shape index (κ3) is 3.27. The van der Waals surface area contributed by atoms with Gasteiger partial charge >= 0.3 is 0 Å². The maximum absolute atomic E-state index is 5.25. The highest BCUT2D eigenvalue weighted by Crippen LogP contribution is 2.27. The number of methoxy groups -OCH3 is 1. The highest BCUT2D eigenvalue weighted by molar-refractivity contribution is 7.19. The summed E-state index contributed by atoms with van der Waals surface area (Å²) in [6.07, 6.45) is 11.2. The zero-order valence-corrected chi connectivity index (χ0v) is 14.6. The van der Waals surface area contributed by atoms with Gasteiger partial charge < -0.3 is 4.74 Å². The molecule has 0 saturated carbocycles. The van der Waals surface area contributed by atoms with E-state index in [-0.39, 0.29) is 0 Å². The van der Waals surface area contributed by atoms with Gasteiger partial charge in [0.2, 0.25) is 0 Å². The third-order valence-electron chi connectivity index (χ3n) is 3.67. The molecule has 0 aliphatic heterocycles. The maximum Gasteiger partial charge on any atom is 0.162 e. The largest absolute Gasteiger partial charge is 0.497 e. The van der Waals surface area contributed by atoms with E-state index >= 15 is 0 Å². The van der Waals surface area contributed by atoms with Crippen LogP contribution < -0.4 is 4.74 Å². The molecule has 7 heteroatoms. The lowest BCUT2D eigenvalue weighted by Crippen LogP contribution is -1.88. The Morgan fingerprint density at radius 2 is 1.96 bits per heavy atom. The summed E-state index contributed by atoms with van der Waals surface area (Å²) < 4.78 is 8.08. The van der Waals surface area contributed by atoms with Crippen molar-refractivity contribution in [2.75, 3.05) is 7.11 Å². The van der Waals surface area contributed by atoms with Crippen molar-refractivity contribution >= 4 is 33.7 Å². The van der Waals surface area contributed by atoms with E-state index in [1.165, 1.54) is 0 Å². The molecule has 0 aliphatic rings. The van der Waals surface area contributed by atoms with Gasteiger partial charge in [-0.25, -0.2) is 15.0 Å². The fraction of sp³-hybridized carbons (Fsp3) is 0.111. The van der Waals surface area contributed by atoms with Crippen LogP contribution in [0.3, 0.4) is 0 Å². The summed E-state index contributed by atoms with van der Waals surface area (Å²) >= 11 is 1.62. The lowest BCUT2D eigenvalue weighted by molar-refractivity contribution is 0.415. The lowest BCUT2D eigenvalue weighted by atomic mass is 10.3. The van der Waals surface area contributed by atoms with Crippen molar-refractivity contribution in [1.82, 2.24) is 24.7 Å². The van der Waals surface area contributed by atoms with Gasteiger partial charge in [0.25, 0.3) is 0 Å². The number of nitrogens with zero attached hydrogens (tertiary/aromatic N) is 5. The molecule has 0 N–H and O–H groups in total. The van der Waals surface area contributed by atoms with Gasteiger partial charge in [-0.3, -0.25) is 4.68 Å². The molecule has 3 aromatic heterocycles. The summed E-state index contributed by atoms with van der Waals surface area (Å²) in [5.41, 5.74) is 2.79. The summed E-state index contributed by atoms with van der Waals surface area (Å²) in [5, 5.41) is 5.06. The molecule has 3 heterocycles. The first-order chi connectivity index (χ1) is 12.2. The van der Waals surface area contributed by atoms with Crippen molar-refractivity contribution in [3.63, 3.8) is 0 Å². The van der Waals surface area contributed by atoms with Crippen molar-refractivity contribution in [2.45, 2.75) is 0 Å². The number of fused-ring (bicyclic) bond motifs is 1. The van der Waals surface area contributed by atoms with E-state index in [4.69, 9.17) is 4.74 Å². The fourth-order valence-corrected chi connectivity index (χ4v) is 3.30. The monoisotopic (exact) mass is 349 g/mol. The number of rotatable bonds is 4. The SMILES string of the molecule is COc1ccc2nc(/C=C/c3cnc(-c4cnn(C)c4)nc3)sc2c1. The second-order valence-corrected chi connectivity index (χ2v) is 6.52. The topological polar surface area (TPSA) is 65.7 Å². The zero-order valence-electron chi connectivity index (χ0n) is 13.7. The van der Waals surface area contributed by atoms with Crippen molar-refractivity contribution in [1.29, 1.82) is 0 Å². The van der Waals surface area contributed by atoms with Crippen molar-refractivity contribution < 1.29 is 4.74 Å². The van der Waals surface area contributed by atoms with Crippen molar-refractivity contribution in [2.24, 2.45) is 7.05 Å². The second kappa shape index (κ2) is 6.45. The van der Waals surface area contributed by atoms with Crippen LogP contribution in [-0.2, 0) is 7.05 Å². The highest BCUT2D eigenvalue weighted by Gasteiger charge is 2.04. The zero-order chi connectivity index (χ0) is 17.2. The van der Waals surface area contributed by atoms with Crippen LogP contribution >= 0.6 is 11.3 Å². The molecule has 1 aromatic carbocycles. The van der Waals surface area contributed by atoms with E-state index < -0.39 is 0 Å². The molecule has 124 valence electrons. The number of aryl methyl sites for hydroxylation is 1. The van der Waals surface area contributed by atoms with Crippen LogP contribution in [0.4, 0.5) is 0 Å². The van der Waals surface area contributed by atoms with E-state index in [1.54, 1.807) is 41.7 Å². The number of hydrogen-bond acceptors (Lipinski definition) is 6. The Bertz CT molecular complexity index is 1050. The molecule has 0 atom stereocenters. The molecule has 4 aromatic rings. The molecule has 4 rings (SSSR count). The molecule has 0 saturated heterocycles. The summed E-state index contributed by atoms with van der Waals surface area (Å²) in [7, 11) is 3.53. The normalized spacial score (nSPS) is 11.4. The number of ether oxygens (including phenoxy) is 1. The summed E-state index contributed by atoms with van der Waals surface area (Å²) in [6, 6.07) is 5.88. The molecule has 0 spiro atoms. The fourth-order valence-electron chi connectivity index (χ4n) is 2.40.